The number of piperidine rings is 1. The van der Waals surface area contributed by atoms with Gasteiger partial charge in [0.05, 0.1) is 12.7 Å². The quantitative estimate of drug-likeness (QED) is 0.903. The Morgan fingerprint density at radius 2 is 2.10 bits per heavy atom. The van der Waals surface area contributed by atoms with Crippen LogP contribution in [-0.4, -0.2) is 45.4 Å². The van der Waals surface area contributed by atoms with E-state index in [2.05, 4.69) is 20.5 Å². The van der Waals surface area contributed by atoms with Crippen molar-refractivity contribution in [3.63, 3.8) is 0 Å². The first kappa shape index (κ1) is 13.5. The van der Waals surface area contributed by atoms with Crippen LogP contribution in [0.4, 0.5) is 0 Å². The molecule has 0 bridgehead atoms. The number of nitrogens with zero attached hydrogens (tertiary/aromatic N) is 4. The highest BCUT2D eigenvalue weighted by molar-refractivity contribution is 5.39. The summed E-state index contributed by atoms with van der Waals surface area (Å²) < 4.78 is 7.94. The molecule has 2 aromatic rings. The number of aryl methyl sites for hydroxylation is 2. The molecule has 1 aliphatic rings. The molecule has 6 nitrogen and oxygen atoms in total. The monoisotopic (exact) mass is 275 g/mol. The molecule has 6 heteroatoms. The van der Waals surface area contributed by atoms with Crippen LogP contribution in [0.2, 0.25) is 0 Å². The van der Waals surface area contributed by atoms with Gasteiger partial charge in [-0.25, -0.2) is 4.98 Å². The van der Waals surface area contributed by atoms with E-state index < -0.39 is 0 Å². The predicted octanol–water partition coefficient (Wildman–Crippen LogP) is 1.05. The van der Waals surface area contributed by atoms with Gasteiger partial charge in [0, 0.05) is 18.2 Å². The molecule has 1 N–H and O–H groups in total. The van der Waals surface area contributed by atoms with Gasteiger partial charge in [0.2, 0.25) is 0 Å². The van der Waals surface area contributed by atoms with Crippen molar-refractivity contribution in [1.29, 1.82) is 0 Å². The van der Waals surface area contributed by atoms with E-state index in [9.17, 15) is 0 Å². The van der Waals surface area contributed by atoms with Gasteiger partial charge in [-0.15, -0.1) is 10.2 Å². The largest absolute Gasteiger partial charge is 0.378 e. The smallest absolute Gasteiger partial charge is 0.164 e. The van der Waals surface area contributed by atoms with Crippen molar-refractivity contribution >= 4 is 5.65 Å². The fraction of sp³-hybridized carbons (Fsp3) is 0.643. The van der Waals surface area contributed by atoms with Gasteiger partial charge in [-0.3, -0.25) is 4.40 Å². The molecule has 0 radical (unpaired) electrons. The molecule has 0 aromatic carbocycles. The first-order valence-corrected chi connectivity index (χ1v) is 7.24. The molecule has 0 saturated carbocycles. The molecule has 1 fully saturated rings. The Hall–Kier alpha value is -1.53. The van der Waals surface area contributed by atoms with Crippen LogP contribution in [0.1, 0.15) is 30.2 Å². The van der Waals surface area contributed by atoms with Crippen LogP contribution in [0.15, 0.2) is 6.07 Å². The third-order valence-electron chi connectivity index (χ3n) is 3.72. The molecule has 0 spiro atoms. The lowest BCUT2D eigenvalue weighted by molar-refractivity contribution is 0.0341. The highest BCUT2D eigenvalue weighted by atomic mass is 16.5. The fourth-order valence-corrected chi connectivity index (χ4v) is 2.74. The van der Waals surface area contributed by atoms with E-state index in [4.69, 9.17) is 4.74 Å². The van der Waals surface area contributed by atoms with E-state index in [0.717, 1.165) is 55.3 Å². The van der Waals surface area contributed by atoms with Crippen LogP contribution in [-0.2, 0) is 11.2 Å². The Kier molecular flexibility index (Phi) is 3.93. The van der Waals surface area contributed by atoms with E-state index in [1.165, 1.54) is 0 Å². The van der Waals surface area contributed by atoms with E-state index in [0.29, 0.717) is 12.7 Å². The second-order valence-electron chi connectivity index (χ2n) is 5.32. The van der Waals surface area contributed by atoms with Crippen molar-refractivity contribution < 1.29 is 4.74 Å². The number of nitrogens with one attached hydrogen (secondary N) is 1. The second-order valence-corrected chi connectivity index (χ2v) is 5.32. The summed E-state index contributed by atoms with van der Waals surface area (Å²) in [6.45, 7) is 6.77. The summed E-state index contributed by atoms with van der Waals surface area (Å²) in [5.41, 5.74) is 1.84. The van der Waals surface area contributed by atoms with Gasteiger partial charge >= 0.3 is 0 Å². The van der Waals surface area contributed by atoms with Crippen LogP contribution in [0, 0.1) is 13.8 Å². The first-order chi connectivity index (χ1) is 9.74. The summed E-state index contributed by atoms with van der Waals surface area (Å²) in [6, 6.07) is 1.96. The van der Waals surface area contributed by atoms with Crippen molar-refractivity contribution in [2.24, 2.45) is 0 Å². The molecule has 108 valence electrons. The lowest BCUT2D eigenvalue weighted by atomic mass is 10.1. The van der Waals surface area contributed by atoms with Crippen LogP contribution in [0.5, 0.6) is 0 Å². The Bertz CT molecular complexity index is 589. The van der Waals surface area contributed by atoms with Gasteiger partial charge in [-0.05, 0) is 39.8 Å². The van der Waals surface area contributed by atoms with Crippen molar-refractivity contribution in [2.45, 2.75) is 39.2 Å². The Labute approximate surface area is 118 Å². The van der Waals surface area contributed by atoms with Crippen LogP contribution >= 0.6 is 0 Å². The lowest BCUT2D eigenvalue weighted by Gasteiger charge is -2.22. The van der Waals surface area contributed by atoms with Crippen molar-refractivity contribution in [1.82, 2.24) is 24.9 Å². The zero-order chi connectivity index (χ0) is 13.9. The zero-order valence-corrected chi connectivity index (χ0v) is 12.1. The zero-order valence-electron chi connectivity index (χ0n) is 12.1. The molecule has 20 heavy (non-hydrogen) atoms. The van der Waals surface area contributed by atoms with Gasteiger partial charge < -0.3 is 10.1 Å². The number of rotatable bonds is 4. The van der Waals surface area contributed by atoms with Crippen molar-refractivity contribution in [3.05, 3.63) is 23.4 Å². The minimum absolute atomic E-state index is 0.386. The normalized spacial score (nSPS) is 16.9. The number of aromatic nitrogens is 4. The predicted molar refractivity (Wildman–Crippen MR) is 75.8 cm³/mol. The van der Waals surface area contributed by atoms with Gasteiger partial charge in [-0.2, -0.15) is 0 Å². The average Bonchev–Trinajstić information content (AvgIpc) is 2.83. The molecule has 3 heterocycles. The minimum Gasteiger partial charge on any atom is -0.378 e. The third kappa shape index (κ3) is 2.81. The Morgan fingerprint density at radius 1 is 1.30 bits per heavy atom. The second kappa shape index (κ2) is 5.85. The number of hydrogen-bond donors (Lipinski definition) is 1. The summed E-state index contributed by atoms with van der Waals surface area (Å²) >= 11 is 0. The maximum absolute atomic E-state index is 5.93. The molecule has 2 aromatic heterocycles. The topological polar surface area (TPSA) is 64.3 Å². The van der Waals surface area contributed by atoms with Gasteiger partial charge in [-0.1, -0.05) is 0 Å². The van der Waals surface area contributed by atoms with Crippen LogP contribution < -0.4 is 5.32 Å². The van der Waals surface area contributed by atoms with Gasteiger partial charge in [0.25, 0.3) is 0 Å². The molecular weight excluding hydrogens is 254 g/mol. The summed E-state index contributed by atoms with van der Waals surface area (Å²) in [7, 11) is 0. The number of fused-ring (bicyclic) bond motifs is 1. The molecule has 0 aliphatic carbocycles. The molecule has 1 aliphatic heterocycles. The molecule has 3 rings (SSSR count). The SMILES string of the molecule is Cc1cc2nnc(CCOC3CCNCC3)n2c(C)n1. The first-order valence-electron chi connectivity index (χ1n) is 7.24. The van der Waals surface area contributed by atoms with Crippen LogP contribution in [0.3, 0.4) is 0 Å². The average molecular weight is 275 g/mol. The number of hydrogen-bond acceptors (Lipinski definition) is 5. The van der Waals surface area contributed by atoms with E-state index in [1.807, 2.05) is 24.3 Å². The number of ether oxygens (including phenoxy) is 1. The fourth-order valence-electron chi connectivity index (χ4n) is 2.74. The van der Waals surface area contributed by atoms with E-state index in [-0.39, 0.29) is 0 Å². The lowest BCUT2D eigenvalue weighted by Crippen LogP contribution is -2.32. The summed E-state index contributed by atoms with van der Waals surface area (Å²) in [6.07, 6.45) is 3.36. The third-order valence-corrected chi connectivity index (χ3v) is 3.72. The maximum Gasteiger partial charge on any atom is 0.164 e. The molecule has 0 unspecified atom stereocenters. The molecular formula is C14H21N5O. The van der Waals surface area contributed by atoms with Crippen molar-refractivity contribution in [2.75, 3.05) is 19.7 Å². The summed E-state index contributed by atoms with van der Waals surface area (Å²) in [5, 5.41) is 11.8. The Morgan fingerprint density at radius 3 is 2.90 bits per heavy atom. The Balaban J connectivity index is 1.65. The molecule has 1 saturated heterocycles. The van der Waals surface area contributed by atoms with E-state index in [1.54, 1.807) is 0 Å². The highest BCUT2D eigenvalue weighted by Crippen LogP contribution is 2.11. The minimum atomic E-state index is 0.386. The summed E-state index contributed by atoms with van der Waals surface area (Å²) in [4.78, 5) is 4.47. The maximum atomic E-state index is 5.93. The van der Waals surface area contributed by atoms with Gasteiger partial charge in [0.15, 0.2) is 5.65 Å². The highest BCUT2D eigenvalue weighted by Gasteiger charge is 2.14. The van der Waals surface area contributed by atoms with E-state index >= 15 is 0 Å². The van der Waals surface area contributed by atoms with Crippen LogP contribution in [0.25, 0.3) is 5.65 Å². The standard InChI is InChI=1S/C14H21N5O/c1-10-9-14-18-17-13(19(14)11(2)16-10)5-8-20-12-3-6-15-7-4-12/h9,12,15H,3-8H2,1-2H3. The van der Waals surface area contributed by atoms with Crippen molar-refractivity contribution in [3.8, 4) is 0 Å². The molecule has 0 atom stereocenters. The summed E-state index contributed by atoms with van der Waals surface area (Å²) in [5.74, 6) is 1.86. The van der Waals surface area contributed by atoms with Gasteiger partial charge in [0.1, 0.15) is 11.6 Å². The molecule has 0 amide bonds.